The Morgan fingerprint density at radius 2 is 2.08 bits per heavy atom. The predicted octanol–water partition coefficient (Wildman–Crippen LogP) is 1.22. The SMILES string of the molecule is O=C([C]=S)CNCc1ccccc1. The summed E-state index contributed by atoms with van der Waals surface area (Å²) in [5.74, 6) is -0.175. The largest absolute Gasteiger partial charge is 0.306 e. The van der Waals surface area contributed by atoms with Crippen molar-refractivity contribution >= 4 is 23.4 Å². The van der Waals surface area contributed by atoms with E-state index >= 15 is 0 Å². The van der Waals surface area contributed by atoms with E-state index in [9.17, 15) is 4.79 Å². The average Bonchev–Trinajstić information content (AvgIpc) is 2.19. The van der Waals surface area contributed by atoms with Gasteiger partial charge in [0.25, 0.3) is 0 Å². The maximum absolute atomic E-state index is 10.7. The topological polar surface area (TPSA) is 29.1 Å². The van der Waals surface area contributed by atoms with Crippen LogP contribution in [-0.4, -0.2) is 17.7 Å². The lowest BCUT2D eigenvalue weighted by atomic mass is 10.2. The molecular weight excluding hydrogens is 182 g/mol. The summed E-state index contributed by atoms with van der Waals surface area (Å²) >= 11 is 4.37. The lowest BCUT2D eigenvalue weighted by molar-refractivity contribution is -0.111. The van der Waals surface area contributed by atoms with Gasteiger partial charge in [-0.25, -0.2) is 0 Å². The fraction of sp³-hybridized carbons (Fsp3) is 0.200. The summed E-state index contributed by atoms with van der Waals surface area (Å²) in [7, 11) is 0. The molecule has 13 heavy (non-hydrogen) atoms. The molecule has 3 heteroatoms. The standard InChI is InChI=1S/C10H10NOS/c12-10(8-13)7-11-6-9-4-2-1-3-5-9/h1-5,11H,6-7H2. The molecule has 0 bridgehead atoms. The first-order valence-electron chi connectivity index (χ1n) is 3.98. The second-order valence-corrected chi connectivity index (χ2v) is 2.82. The van der Waals surface area contributed by atoms with Gasteiger partial charge >= 0.3 is 0 Å². The van der Waals surface area contributed by atoms with E-state index in [4.69, 9.17) is 0 Å². The van der Waals surface area contributed by atoms with Crippen LogP contribution in [-0.2, 0) is 11.3 Å². The summed E-state index contributed by atoms with van der Waals surface area (Å²) < 4.78 is 0. The number of ketones is 1. The molecule has 1 rings (SSSR count). The van der Waals surface area contributed by atoms with Crippen LogP contribution in [0, 0.1) is 0 Å². The summed E-state index contributed by atoms with van der Waals surface area (Å²) in [5.41, 5.74) is 1.15. The van der Waals surface area contributed by atoms with Crippen LogP contribution in [0.1, 0.15) is 5.56 Å². The van der Waals surface area contributed by atoms with E-state index in [0.29, 0.717) is 6.54 Å². The molecule has 0 aromatic heterocycles. The second kappa shape index (κ2) is 5.56. The summed E-state index contributed by atoms with van der Waals surface area (Å²) in [6, 6.07) is 9.88. The molecule has 0 amide bonds. The minimum atomic E-state index is -0.175. The van der Waals surface area contributed by atoms with Crippen molar-refractivity contribution in [3.8, 4) is 0 Å². The third-order valence-corrected chi connectivity index (χ3v) is 1.80. The second-order valence-electron chi connectivity index (χ2n) is 2.61. The number of carbonyl (C=O) groups is 1. The Kier molecular flexibility index (Phi) is 4.29. The van der Waals surface area contributed by atoms with Crippen LogP contribution in [0.3, 0.4) is 0 Å². The van der Waals surface area contributed by atoms with E-state index in [2.05, 4.69) is 22.9 Å². The van der Waals surface area contributed by atoms with Gasteiger partial charge < -0.3 is 5.32 Å². The molecule has 1 N–H and O–H groups in total. The quantitative estimate of drug-likeness (QED) is 0.711. The molecular formula is C10H10NOS. The molecule has 1 aromatic carbocycles. The number of Topliss-reactive ketones (excluding diaryl/α,β-unsaturated/α-hetero) is 1. The maximum atomic E-state index is 10.7. The molecule has 0 saturated carbocycles. The molecule has 0 spiro atoms. The Morgan fingerprint density at radius 3 is 2.69 bits per heavy atom. The molecule has 1 aromatic rings. The van der Waals surface area contributed by atoms with Crippen LogP contribution in [0.4, 0.5) is 0 Å². The van der Waals surface area contributed by atoms with Gasteiger partial charge in [-0.05, 0) is 5.56 Å². The Morgan fingerprint density at radius 1 is 1.38 bits per heavy atom. The lowest BCUT2D eigenvalue weighted by Crippen LogP contribution is -2.22. The van der Waals surface area contributed by atoms with E-state index in [0.717, 1.165) is 5.56 Å². The first-order chi connectivity index (χ1) is 6.33. The highest BCUT2D eigenvalue weighted by atomic mass is 32.1. The van der Waals surface area contributed by atoms with Crippen molar-refractivity contribution in [2.45, 2.75) is 6.54 Å². The molecule has 0 atom stereocenters. The molecule has 0 aliphatic rings. The van der Waals surface area contributed by atoms with Gasteiger partial charge in [-0.3, -0.25) is 4.79 Å². The molecule has 0 unspecified atom stereocenters. The number of carbonyl (C=O) groups excluding carboxylic acids is 1. The molecule has 0 fully saturated rings. The lowest BCUT2D eigenvalue weighted by Gasteiger charge is -2.00. The Hall–Kier alpha value is -1.06. The third kappa shape index (κ3) is 3.92. The molecule has 1 radical (unpaired) electrons. The van der Waals surface area contributed by atoms with Crippen LogP contribution in [0.2, 0.25) is 0 Å². The monoisotopic (exact) mass is 192 g/mol. The van der Waals surface area contributed by atoms with Crippen LogP contribution in [0.25, 0.3) is 0 Å². The number of hydrogen-bond donors (Lipinski definition) is 1. The van der Waals surface area contributed by atoms with Crippen molar-refractivity contribution in [2.24, 2.45) is 0 Å². The fourth-order valence-electron chi connectivity index (χ4n) is 0.952. The van der Waals surface area contributed by atoms with Gasteiger partial charge in [0.1, 0.15) is 5.37 Å². The first-order valence-corrected chi connectivity index (χ1v) is 4.39. The van der Waals surface area contributed by atoms with Crippen molar-refractivity contribution in [3.63, 3.8) is 0 Å². The molecule has 2 nitrogen and oxygen atoms in total. The van der Waals surface area contributed by atoms with E-state index < -0.39 is 0 Å². The van der Waals surface area contributed by atoms with Crippen molar-refractivity contribution in [1.82, 2.24) is 5.32 Å². The van der Waals surface area contributed by atoms with E-state index in [-0.39, 0.29) is 12.3 Å². The van der Waals surface area contributed by atoms with E-state index in [1.807, 2.05) is 30.3 Å². The Bertz CT molecular complexity index is 284. The van der Waals surface area contributed by atoms with Crippen LogP contribution in [0.5, 0.6) is 0 Å². The summed E-state index contributed by atoms with van der Waals surface area (Å²) in [6.07, 6.45) is 0. The summed E-state index contributed by atoms with van der Waals surface area (Å²) in [4.78, 5) is 10.7. The minimum Gasteiger partial charge on any atom is -0.306 e. The first kappa shape index (κ1) is 10.0. The van der Waals surface area contributed by atoms with Gasteiger partial charge in [-0.2, -0.15) is 0 Å². The smallest absolute Gasteiger partial charge is 0.188 e. The normalized spacial score (nSPS) is 9.54. The van der Waals surface area contributed by atoms with E-state index in [1.54, 1.807) is 0 Å². The summed E-state index contributed by atoms with van der Waals surface area (Å²) in [5, 5.41) is 5.11. The molecule has 0 aliphatic heterocycles. The van der Waals surface area contributed by atoms with Gasteiger partial charge in [0.05, 0.1) is 6.54 Å². The fourth-order valence-corrected chi connectivity index (χ4v) is 1.02. The van der Waals surface area contributed by atoms with Gasteiger partial charge in [0.15, 0.2) is 5.78 Å². The van der Waals surface area contributed by atoms with Crippen LogP contribution < -0.4 is 5.32 Å². The van der Waals surface area contributed by atoms with Crippen molar-refractivity contribution in [3.05, 3.63) is 35.9 Å². The van der Waals surface area contributed by atoms with Gasteiger partial charge in [-0.15, -0.1) is 0 Å². The molecule has 67 valence electrons. The van der Waals surface area contributed by atoms with Gasteiger partial charge in [0.2, 0.25) is 0 Å². The zero-order chi connectivity index (χ0) is 9.52. The highest BCUT2D eigenvalue weighted by Gasteiger charge is 1.95. The highest BCUT2D eigenvalue weighted by molar-refractivity contribution is 7.80. The zero-order valence-corrected chi connectivity index (χ0v) is 7.93. The molecule has 0 aliphatic carbocycles. The zero-order valence-electron chi connectivity index (χ0n) is 7.12. The predicted molar refractivity (Wildman–Crippen MR) is 55.8 cm³/mol. The molecule has 0 heterocycles. The Labute approximate surface area is 83.0 Å². The van der Waals surface area contributed by atoms with Crippen LogP contribution >= 0.6 is 12.2 Å². The van der Waals surface area contributed by atoms with Crippen molar-refractivity contribution in [1.29, 1.82) is 0 Å². The minimum absolute atomic E-state index is 0.175. The van der Waals surface area contributed by atoms with Gasteiger partial charge in [0, 0.05) is 6.54 Å². The Balaban J connectivity index is 2.28. The number of thiocarbonyl (C=S) groups is 1. The van der Waals surface area contributed by atoms with Crippen molar-refractivity contribution < 1.29 is 4.79 Å². The number of rotatable bonds is 5. The molecule has 0 saturated heterocycles. The van der Waals surface area contributed by atoms with Crippen LogP contribution in [0.15, 0.2) is 30.3 Å². The highest BCUT2D eigenvalue weighted by Crippen LogP contribution is 1.96. The number of benzene rings is 1. The summed E-state index contributed by atoms with van der Waals surface area (Å²) in [6.45, 7) is 0.946. The number of hydrogen-bond acceptors (Lipinski definition) is 3. The third-order valence-electron chi connectivity index (χ3n) is 1.57. The van der Waals surface area contributed by atoms with Gasteiger partial charge in [-0.1, -0.05) is 42.5 Å². The maximum Gasteiger partial charge on any atom is 0.188 e. The number of nitrogens with one attached hydrogen (secondary N) is 1. The van der Waals surface area contributed by atoms with E-state index in [1.165, 1.54) is 0 Å². The average molecular weight is 192 g/mol. The van der Waals surface area contributed by atoms with Crippen molar-refractivity contribution in [2.75, 3.05) is 6.54 Å².